The van der Waals surface area contributed by atoms with Crippen molar-refractivity contribution in [2.75, 3.05) is 19.8 Å². The summed E-state index contributed by atoms with van der Waals surface area (Å²) in [7, 11) is 0. The minimum atomic E-state index is -0.577. The van der Waals surface area contributed by atoms with Crippen LogP contribution in [0.2, 0.25) is 0 Å². The van der Waals surface area contributed by atoms with Crippen molar-refractivity contribution in [1.29, 1.82) is 0 Å². The maximum atomic E-state index is 10.3. The van der Waals surface area contributed by atoms with Crippen molar-refractivity contribution in [2.24, 2.45) is 11.7 Å². The first-order valence-electron chi connectivity index (χ1n) is 6.14. The summed E-state index contributed by atoms with van der Waals surface area (Å²) in [5, 5.41) is 10.3. The molecule has 0 saturated carbocycles. The van der Waals surface area contributed by atoms with E-state index in [1.54, 1.807) is 0 Å². The molecule has 0 amide bonds. The second-order valence-electron chi connectivity index (χ2n) is 4.38. The zero-order valence-corrected chi connectivity index (χ0v) is 11.9. The zero-order chi connectivity index (χ0) is 13.1. The van der Waals surface area contributed by atoms with Crippen molar-refractivity contribution in [3.05, 3.63) is 22.2 Å². The van der Waals surface area contributed by atoms with Gasteiger partial charge in [-0.05, 0) is 46.6 Å². The molecule has 0 aromatic heterocycles. The third-order valence-corrected chi connectivity index (χ3v) is 3.82. The highest BCUT2D eigenvalue weighted by Crippen LogP contribution is 2.41. The summed E-state index contributed by atoms with van der Waals surface area (Å²) in [5.41, 5.74) is 6.48. The molecule has 4 nitrogen and oxygen atoms in total. The summed E-state index contributed by atoms with van der Waals surface area (Å²) in [6, 6.07) is 3.71. The van der Waals surface area contributed by atoms with Gasteiger partial charge in [-0.2, -0.15) is 0 Å². The standard InChI is InChI=1S/C13H18BrNO3/c1-2-8(7-15)12(16)9-5-10(14)13-11(6-9)17-3-4-18-13/h5-6,8,12,16H,2-4,7,15H2,1H3. The van der Waals surface area contributed by atoms with Crippen LogP contribution >= 0.6 is 15.9 Å². The summed E-state index contributed by atoms with van der Waals surface area (Å²) >= 11 is 3.45. The molecule has 100 valence electrons. The van der Waals surface area contributed by atoms with Gasteiger partial charge in [-0.3, -0.25) is 0 Å². The third kappa shape index (κ3) is 2.63. The second-order valence-corrected chi connectivity index (χ2v) is 5.23. The monoisotopic (exact) mass is 315 g/mol. The fourth-order valence-corrected chi connectivity index (χ4v) is 2.67. The van der Waals surface area contributed by atoms with Gasteiger partial charge in [0.2, 0.25) is 0 Å². The fraction of sp³-hybridized carbons (Fsp3) is 0.538. The van der Waals surface area contributed by atoms with E-state index in [9.17, 15) is 5.11 Å². The number of aliphatic hydroxyl groups excluding tert-OH is 1. The lowest BCUT2D eigenvalue weighted by Crippen LogP contribution is -2.22. The first-order valence-corrected chi connectivity index (χ1v) is 6.93. The number of halogens is 1. The molecule has 2 unspecified atom stereocenters. The molecule has 0 radical (unpaired) electrons. The first kappa shape index (κ1) is 13.6. The summed E-state index contributed by atoms with van der Waals surface area (Å²) in [6.45, 7) is 3.57. The molecule has 0 fully saturated rings. The van der Waals surface area contributed by atoms with Crippen LogP contribution in [0.15, 0.2) is 16.6 Å². The second kappa shape index (κ2) is 5.91. The molecule has 1 aromatic rings. The van der Waals surface area contributed by atoms with Crippen LogP contribution in [-0.2, 0) is 0 Å². The molecule has 1 aliphatic heterocycles. The van der Waals surface area contributed by atoms with Crippen LogP contribution in [0.4, 0.5) is 0 Å². The van der Waals surface area contributed by atoms with Gasteiger partial charge in [-0.15, -0.1) is 0 Å². The molecule has 1 aliphatic rings. The van der Waals surface area contributed by atoms with Crippen LogP contribution in [0.1, 0.15) is 25.0 Å². The van der Waals surface area contributed by atoms with Gasteiger partial charge in [-0.1, -0.05) is 6.92 Å². The van der Waals surface area contributed by atoms with E-state index in [2.05, 4.69) is 15.9 Å². The molecule has 3 N–H and O–H groups in total. The molecule has 0 saturated heterocycles. The van der Waals surface area contributed by atoms with Gasteiger partial charge in [0, 0.05) is 5.92 Å². The summed E-state index contributed by atoms with van der Waals surface area (Å²) in [5.74, 6) is 1.44. The Labute approximate surface area is 115 Å². The molecule has 1 aromatic carbocycles. The minimum absolute atomic E-state index is 0.0551. The lowest BCUT2D eigenvalue weighted by molar-refractivity contribution is 0.108. The largest absolute Gasteiger partial charge is 0.486 e. The number of aliphatic hydroxyl groups is 1. The van der Waals surface area contributed by atoms with Gasteiger partial charge in [0.15, 0.2) is 11.5 Å². The highest BCUT2D eigenvalue weighted by Gasteiger charge is 2.23. The van der Waals surface area contributed by atoms with Crippen molar-refractivity contribution in [3.8, 4) is 11.5 Å². The van der Waals surface area contributed by atoms with Gasteiger partial charge in [0.1, 0.15) is 13.2 Å². The Morgan fingerprint density at radius 3 is 2.78 bits per heavy atom. The molecule has 0 bridgehead atoms. The maximum Gasteiger partial charge on any atom is 0.175 e. The Bertz CT molecular complexity index is 421. The first-order chi connectivity index (χ1) is 8.67. The van der Waals surface area contributed by atoms with Crippen LogP contribution in [0.25, 0.3) is 0 Å². The van der Waals surface area contributed by atoms with E-state index < -0.39 is 6.10 Å². The van der Waals surface area contributed by atoms with Crippen molar-refractivity contribution in [1.82, 2.24) is 0 Å². The molecule has 18 heavy (non-hydrogen) atoms. The number of rotatable bonds is 4. The van der Waals surface area contributed by atoms with Gasteiger partial charge < -0.3 is 20.3 Å². The van der Waals surface area contributed by atoms with Crippen molar-refractivity contribution >= 4 is 15.9 Å². The van der Waals surface area contributed by atoms with E-state index in [4.69, 9.17) is 15.2 Å². The van der Waals surface area contributed by atoms with E-state index in [-0.39, 0.29) is 5.92 Å². The van der Waals surface area contributed by atoms with Crippen molar-refractivity contribution in [3.63, 3.8) is 0 Å². The Morgan fingerprint density at radius 1 is 1.39 bits per heavy atom. The Kier molecular flexibility index (Phi) is 4.48. The quantitative estimate of drug-likeness (QED) is 0.894. The molecular weight excluding hydrogens is 298 g/mol. The molecular formula is C13H18BrNO3. The molecule has 2 rings (SSSR count). The van der Waals surface area contributed by atoms with E-state index >= 15 is 0 Å². The highest BCUT2D eigenvalue weighted by molar-refractivity contribution is 9.10. The smallest absolute Gasteiger partial charge is 0.175 e. The van der Waals surface area contributed by atoms with Crippen molar-refractivity contribution in [2.45, 2.75) is 19.4 Å². The zero-order valence-electron chi connectivity index (χ0n) is 10.4. The van der Waals surface area contributed by atoms with Crippen LogP contribution < -0.4 is 15.2 Å². The van der Waals surface area contributed by atoms with Crippen LogP contribution in [0, 0.1) is 5.92 Å². The fourth-order valence-electron chi connectivity index (χ4n) is 2.09. The third-order valence-electron chi connectivity index (χ3n) is 3.23. The number of hydrogen-bond donors (Lipinski definition) is 2. The van der Waals surface area contributed by atoms with Crippen LogP contribution in [-0.4, -0.2) is 24.9 Å². The van der Waals surface area contributed by atoms with Crippen molar-refractivity contribution < 1.29 is 14.6 Å². The lowest BCUT2D eigenvalue weighted by Gasteiger charge is -2.24. The van der Waals surface area contributed by atoms with E-state index in [0.717, 1.165) is 16.5 Å². The predicted molar refractivity (Wildman–Crippen MR) is 72.9 cm³/mol. The highest BCUT2D eigenvalue weighted by atomic mass is 79.9. The van der Waals surface area contributed by atoms with Gasteiger partial charge in [0.05, 0.1) is 10.6 Å². The molecule has 5 heteroatoms. The Hall–Kier alpha value is -0.780. The Morgan fingerprint density at radius 2 is 2.11 bits per heavy atom. The van der Waals surface area contributed by atoms with E-state index in [1.807, 2.05) is 19.1 Å². The lowest BCUT2D eigenvalue weighted by atomic mass is 9.93. The van der Waals surface area contributed by atoms with Gasteiger partial charge >= 0.3 is 0 Å². The number of fused-ring (bicyclic) bond motifs is 1. The molecule has 0 aliphatic carbocycles. The number of benzene rings is 1. The average molecular weight is 316 g/mol. The Balaban J connectivity index is 2.31. The molecule has 0 spiro atoms. The van der Waals surface area contributed by atoms with Gasteiger partial charge in [0.25, 0.3) is 0 Å². The van der Waals surface area contributed by atoms with Gasteiger partial charge in [-0.25, -0.2) is 0 Å². The minimum Gasteiger partial charge on any atom is -0.486 e. The average Bonchev–Trinajstić information content (AvgIpc) is 2.40. The summed E-state index contributed by atoms with van der Waals surface area (Å²) in [6.07, 6.45) is 0.260. The van der Waals surface area contributed by atoms with Crippen LogP contribution in [0.3, 0.4) is 0 Å². The number of ether oxygens (including phenoxy) is 2. The molecule has 1 heterocycles. The maximum absolute atomic E-state index is 10.3. The summed E-state index contributed by atoms with van der Waals surface area (Å²) in [4.78, 5) is 0. The molecule has 2 atom stereocenters. The number of hydrogen-bond acceptors (Lipinski definition) is 4. The van der Waals surface area contributed by atoms with Crippen LogP contribution in [0.5, 0.6) is 11.5 Å². The number of nitrogens with two attached hydrogens (primary N) is 1. The normalized spacial score (nSPS) is 17.3. The topological polar surface area (TPSA) is 64.7 Å². The summed E-state index contributed by atoms with van der Waals surface area (Å²) < 4.78 is 11.9. The SMILES string of the molecule is CCC(CN)C(O)c1cc(Br)c2c(c1)OCCO2. The van der Waals surface area contributed by atoms with E-state index in [0.29, 0.717) is 31.3 Å². The van der Waals surface area contributed by atoms with E-state index in [1.165, 1.54) is 0 Å². The predicted octanol–water partition coefficient (Wildman–Crippen LogP) is 2.24.